The summed E-state index contributed by atoms with van der Waals surface area (Å²) in [6.45, 7) is 0. The smallest absolute Gasteiger partial charge is 0.125 e. The van der Waals surface area contributed by atoms with E-state index in [0.29, 0.717) is 11.6 Å². The Hall–Kier alpha value is -1.17. The largest absolute Gasteiger partial charge is 0.398 e. The Balaban J connectivity index is 0.000000131. The molecular formula is C18H18F2IN. The number of rotatable bonds is 2. The Bertz CT molecular complexity index is 619. The SMILES string of the molecule is Fc1ccc(C2CC2)c(I)c1.Nc1cc(F)ccc1C1CC1. The van der Waals surface area contributed by atoms with E-state index in [1.165, 1.54) is 43.4 Å². The Kier molecular flexibility index (Phi) is 4.66. The van der Waals surface area contributed by atoms with Gasteiger partial charge in [0.1, 0.15) is 11.6 Å². The van der Waals surface area contributed by atoms with Gasteiger partial charge in [0, 0.05) is 9.26 Å². The number of halogens is 3. The molecule has 0 heterocycles. The third-order valence-electron chi connectivity index (χ3n) is 4.05. The molecule has 1 nitrogen and oxygen atoms in total. The van der Waals surface area contributed by atoms with E-state index in [9.17, 15) is 8.78 Å². The van der Waals surface area contributed by atoms with Crippen LogP contribution in [0.1, 0.15) is 48.6 Å². The van der Waals surface area contributed by atoms with Crippen LogP contribution in [0.25, 0.3) is 0 Å². The Labute approximate surface area is 143 Å². The highest BCUT2D eigenvalue weighted by Crippen LogP contribution is 2.43. The average Bonchev–Trinajstić information content (AvgIpc) is 3.33. The highest BCUT2D eigenvalue weighted by molar-refractivity contribution is 14.1. The molecule has 2 fully saturated rings. The maximum absolute atomic E-state index is 12.6. The molecule has 0 atom stereocenters. The molecule has 22 heavy (non-hydrogen) atoms. The van der Waals surface area contributed by atoms with Crippen molar-refractivity contribution in [2.24, 2.45) is 0 Å². The minimum atomic E-state index is -0.244. The second-order valence-corrected chi connectivity index (χ2v) is 7.15. The van der Waals surface area contributed by atoms with Crippen molar-refractivity contribution in [2.45, 2.75) is 37.5 Å². The van der Waals surface area contributed by atoms with Crippen molar-refractivity contribution < 1.29 is 8.78 Å². The summed E-state index contributed by atoms with van der Waals surface area (Å²) in [4.78, 5) is 0. The summed E-state index contributed by atoms with van der Waals surface area (Å²) >= 11 is 2.20. The summed E-state index contributed by atoms with van der Waals surface area (Å²) in [6, 6.07) is 9.73. The Morgan fingerprint density at radius 3 is 1.82 bits per heavy atom. The second kappa shape index (κ2) is 6.52. The first-order chi connectivity index (χ1) is 10.5. The maximum Gasteiger partial charge on any atom is 0.125 e. The molecule has 4 rings (SSSR count). The molecule has 0 aromatic heterocycles. The lowest BCUT2D eigenvalue weighted by Crippen LogP contribution is -1.92. The van der Waals surface area contributed by atoms with Crippen molar-refractivity contribution in [3.63, 3.8) is 0 Å². The number of benzene rings is 2. The van der Waals surface area contributed by atoms with Gasteiger partial charge >= 0.3 is 0 Å². The maximum atomic E-state index is 12.6. The van der Waals surface area contributed by atoms with Crippen LogP contribution in [0.4, 0.5) is 14.5 Å². The van der Waals surface area contributed by atoms with Gasteiger partial charge in [-0.2, -0.15) is 0 Å². The zero-order chi connectivity index (χ0) is 15.7. The lowest BCUT2D eigenvalue weighted by molar-refractivity contribution is 0.625. The molecule has 0 radical (unpaired) electrons. The third kappa shape index (κ3) is 3.97. The minimum absolute atomic E-state index is 0.126. The zero-order valence-corrected chi connectivity index (χ0v) is 14.3. The van der Waals surface area contributed by atoms with E-state index < -0.39 is 0 Å². The highest BCUT2D eigenvalue weighted by Gasteiger charge is 2.25. The van der Waals surface area contributed by atoms with Crippen LogP contribution in [0.3, 0.4) is 0 Å². The van der Waals surface area contributed by atoms with Gasteiger partial charge in [-0.15, -0.1) is 0 Å². The topological polar surface area (TPSA) is 26.0 Å². The van der Waals surface area contributed by atoms with Crippen molar-refractivity contribution in [1.82, 2.24) is 0 Å². The molecule has 2 saturated carbocycles. The van der Waals surface area contributed by atoms with Crippen LogP contribution in [0.5, 0.6) is 0 Å². The first-order valence-electron chi connectivity index (χ1n) is 7.54. The van der Waals surface area contributed by atoms with Gasteiger partial charge in [0.2, 0.25) is 0 Å². The summed E-state index contributed by atoms with van der Waals surface area (Å²) in [7, 11) is 0. The van der Waals surface area contributed by atoms with Gasteiger partial charge in [0.05, 0.1) is 0 Å². The zero-order valence-electron chi connectivity index (χ0n) is 12.2. The van der Waals surface area contributed by atoms with Crippen LogP contribution in [-0.4, -0.2) is 0 Å². The number of nitrogen functional groups attached to an aromatic ring is 1. The molecule has 4 heteroatoms. The number of nitrogens with two attached hydrogens (primary N) is 1. The van der Waals surface area contributed by atoms with E-state index in [0.717, 1.165) is 15.1 Å². The normalized spacial score (nSPS) is 16.9. The molecule has 2 aromatic carbocycles. The van der Waals surface area contributed by atoms with E-state index in [1.807, 2.05) is 6.07 Å². The quantitative estimate of drug-likeness (QED) is 0.504. The number of anilines is 1. The van der Waals surface area contributed by atoms with Gasteiger partial charge in [-0.1, -0.05) is 12.1 Å². The van der Waals surface area contributed by atoms with Gasteiger partial charge in [-0.3, -0.25) is 0 Å². The lowest BCUT2D eigenvalue weighted by atomic mass is 10.1. The first-order valence-corrected chi connectivity index (χ1v) is 8.62. The predicted octanol–water partition coefficient (Wildman–Crippen LogP) is 5.59. The first kappa shape index (κ1) is 15.7. The van der Waals surface area contributed by atoms with E-state index in [-0.39, 0.29) is 11.6 Å². The van der Waals surface area contributed by atoms with Crippen molar-refractivity contribution in [1.29, 1.82) is 0 Å². The summed E-state index contributed by atoms with van der Waals surface area (Å²) < 4.78 is 26.3. The fourth-order valence-electron chi connectivity index (χ4n) is 2.54. The van der Waals surface area contributed by atoms with Gasteiger partial charge in [0.15, 0.2) is 0 Å². The van der Waals surface area contributed by atoms with Gasteiger partial charge in [-0.25, -0.2) is 8.78 Å². The van der Waals surface area contributed by atoms with Crippen molar-refractivity contribution >= 4 is 28.3 Å². The standard InChI is InChI=1S/C9H8FI.C9H10FN/c2*10-7-3-4-8(6-1-2-6)9(11)5-7/h3-6H,1-2H2;3-6H,1-2,11H2. The van der Waals surface area contributed by atoms with Crippen molar-refractivity contribution in [2.75, 3.05) is 5.73 Å². The van der Waals surface area contributed by atoms with E-state index >= 15 is 0 Å². The van der Waals surface area contributed by atoms with Gasteiger partial charge < -0.3 is 5.73 Å². The molecule has 0 unspecified atom stereocenters. The Morgan fingerprint density at radius 2 is 1.32 bits per heavy atom. The van der Waals surface area contributed by atoms with Crippen LogP contribution in [0.2, 0.25) is 0 Å². The highest BCUT2D eigenvalue weighted by atomic mass is 127. The molecule has 0 amide bonds. The molecule has 0 saturated heterocycles. The molecular weight excluding hydrogens is 395 g/mol. The molecule has 0 aliphatic heterocycles. The average molecular weight is 413 g/mol. The van der Waals surface area contributed by atoms with E-state index in [4.69, 9.17) is 5.73 Å². The third-order valence-corrected chi connectivity index (χ3v) is 4.98. The fourth-order valence-corrected chi connectivity index (χ4v) is 3.46. The van der Waals surface area contributed by atoms with Crippen LogP contribution < -0.4 is 5.73 Å². The van der Waals surface area contributed by atoms with Crippen molar-refractivity contribution in [3.05, 3.63) is 62.7 Å². The molecule has 2 aromatic rings. The monoisotopic (exact) mass is 413 g/mol. The van der Waals surface area contributed by atoms with Crippen LogP contribution >= 0.6 is 22.6 Å². The molecule has 0 bridgehead atoms. The molecule has 2 N–H and O–H groups in total. The number of hydrogen-bond acceptors (Lipinski definition) is 1. The molecule has 0 spiro atoms. The number of hydrogen-bond donors (Lipinski definition) is 1. The van der Waals surface area contributed by atoms with Gasteiger partial charge in [0.25, 0.3) is 0 Å². The van der Waals surface area contributed by atoms with Crippen LogP contribution in [0.15, 0.2) is 36.4 Å². The molecule has 116 valence electrons. The van der Waals surface area contributed by atoms with Gasteiger partial charge in [-0.05, 0) is 95.5 Å². The van der Waals surface area contributed by atoms with Crippen LogP contribution in [-0.2, 0) is 0 Å². The molecule has 2 aliphatic rings. The second-order valence-electron chi connectivity index (χ2n) is 5.99. The Morgan fingerprint density at radius 1 is 0.818 bits per heavy atom. The summed E-state index contributed by atoms with van der Waals surface area (Å²) in [5.74, 6) is 0.962. The minimum Gasteiger partial charge on any atom is -0.398 e. The van der Waals surface area contributed by atoms with E-state index in [1.54, 1.807) is 18.2 Å². The summed E-state index contributed by atoms with van der Waals surface area (Å²) in [5.41, 5.74) is 8.67. The van der Waals surface area contributed by atoms with E-state index in [2.05, 4.69) is 22.6 Å². The summed E-state index contributed by atoms with van der Waals surface area (Å²) in [6.07, 6.45) is 4.97. The predicted molar refractivity (Wildman–Crippen MR) is 93.9 cm³/mol. The lowest BCUT2D eigenvalue weighted by Gasteiger charge is -2.01. The molecule has 2 aliphatic carbocycles. The van der Waals surface area contributed by atoms with Crippen LogP contribution in [0, 0.1) is 15.2 Å². The van der Waals surface area contributed by atoms with Crippen molar-refractivity contribution in [3.8, 4) is 0 Å². The summed E-state index contributed by atoms with van der Waals surface area (Å²) in [5, 5.41) is 0. The fraction of sp³-hybridized carbons (Fsp3) is 0.333.